The molecule has 0 heterocycles. The van der Waals surface area contributed by atoms with Crippen LogP contribution in [0.1, 0.15) is 49.1 Å². The van der Waals surface area contributed by atoms with Crippen molar-refractivity contribution in [2.24, 2.45) is 5.92 Å². The Hall–Kier alpha value is -2.17. The van der Waals surface area contributed by atoms with Crippen molar-refractivity contribution in [3.63, 3.8) is 0 Å². The zero-order valence-corrected chi connectivity index (χ0v) is 15.7. The van der Waals surface area contributed by atoms with E-state index < -0.39 is 11.6 Å². The number of halogens is 3. The molecule has 2 aromatic carbocycles. The number of aryl methyl sites for hydroxylation is 1. The average Bonchev–Trinajstić information content (AvgIpc) is 2.69. The minimum Gasteiger partial charge on any atom is -0.494 e. The van der Waals surface area contributed by atoms with Crippen molar-refractivity contribution in [2.75, 3.05) is 14.2 Å². The number of benzene rings is 2. The monoisotopic (exact) mass is 378 g/mol. The van der Waals surface area contributed by atoms with E-state index in [1.165, 1.54) is 26.4 Å². The predicted molar refractivity (Wildman–Crippen MR) is 98.9 cm³/mol. The quantitative estimate of drug-likeness (QED) is 0.611. The van der Waals surface area contributed by atoms with Crippen LogP contribution < -0.4 is 9.47 Å². The van der Waals surface area contributed by atoms with Gasteiger partial charge in [0, 0.05) is 0 Å². The minimum absolute atomic E-state index is 0.0417. The molecule has 0 amide bonds. The first-order valence-electron chi connectivity index (χ1n) is 9.37. The molecule has 0 spiro atoms. The molecule has 2 nitrogen and oxygen atoms in total. The van der Waals surface area contributed by atoms with Gasteiger partial charge in [0.15, 0.2) is 23.1 Å². The molecule has 1 aliphatic rings. The van der Waals surface area contributed by atoms with Gasteiger partial charge in [0.2, 0.25) is 5.82 Å². The molecule has 0 radical (unpaired) electrons. The van der Waals surface area contributed by atoms with E-state index in [-0.39, 0.29) is 23.2 Å². The second-order valence-corrected chi connectivity index (χ2v) is 7.21. The zero-order chi connectivity index (χ0) is 19.4. The van der Waals surface area contributed by atoms with Crippen LogP contribution in [0.5, 0.6) is 11.5 Å². The number of hydrogen-bond acceptors (Lipinski definition) is 2. The molecule has 2 aromatic rings. The minimum atomic E-state index is -0.904. The SMILES string of the molecule is COc1ccc(CCC2CCC(c3ccc(OC)c(F)c3F)CC2)cc1F. The highest BCUT2D eigenvalue weighted by atomic mass is 19.2. The second kappa shape index (κ2) is 8.68. The molecule has 27 heavy (non-hydrogen) atoms. The van der Waals surface area contributed by atoms with Crippen LogP contribution in [0, 0.1) is 23.4 Å². The Balaban J connectivity index is 1.55. The van der Waals surface area contributed by atoms with Gasteiger partial charge in [-0.05, 0) is 79.7 Å². The highest BCUT2D eigenvalue weighted by Crippen LogP contribution is 2.40. The van der Waals surface area contributed by atoms with Gasteiger partial charge in [0.1, 0.15) is 0 Å². The molecule has 0 unspecified atom stereocenters. The Morgan fingerprint density at radius 3 is 2.15 bits per heavy atom. The number of ether oxygens (including phenoxy) is 2. The van der Waals surface area contributed by atoms with Gasteiger partial charge in [-0.25, -0.2) is 8.78 Å². The summed E-state index contributed by atoms with van der Waals surface area (Å²) in [6.07, 6.45) is 5.39. The lowest BCUT2D eigenvalue weighted by Gasteiger charge is -2.29. The Kier molecular flexibility index (Phi) is 6.30. The molecular formula is C22H25F3O2. The standard InChI is InChI=1S/C22H25F3O2/c1-26-19-11-7-15(13-18(19)23)4-3-14-5-8-16(9-6-14)17-10-12-20(27-2)22(25)21(17)24/h7,10-14,16H,3-6,8-9H2,1-2H3. The smallest absolute Gasteiger partial charge is 0.200 e. The van der Waals surface area contributed by atoms with Crippen molar-refractivity contribution in [1.82, 2.24) is 0 Å². The summed E-state index contributed by atoms with van der Waals surface area (Å²) in [4.78, 5) is 0. The van der Waals surface area contributed by atoms with Crippen molar-refractivity contribution >= 4 is 0 Å². The van der Waals surface area contributed by atoms with Crippen molar-refractivity contribution in [3.05, 3.63) is 58.9 Å². The first-order valence-corrected chi connectivity index (χ1v) is 9.37. The van der Waals surface area contributed by atoms with Crippen LogP contribution in [0.25, 0.3) is 0 Å². The van der Waals surface area contributed by atoms with Crippen molar-refractivity contribution in [3.8, 4) is 11.5 Å². The number of hydrogen-bond donors (Lipinski definition) is 0. The second-order valence-electron chi connectivity index (χ2n) is 7.21. The van der Waals surface area contributed by atoms with Gasteiger partial charge < -0.3 is 9.47 Å². The van der Waals surface area contributed by atoms with Crippen molar-refractivity contribution in [1.29, 1.82) is 0 Å². The summed E-state index contributed by atoms with van der Waals surface area (Å²) in [6.45, 7) is 0. The largest absolute Gasteiger partial charge is 0.494 e. The van der Waals surface area contributed by atoms with E-state index in [1.54, 1.807) is 12.1 Å². The Labute approximate surface area is 158 Å². The van der Waals surface area contributed by atoms with Crippen LogP contribution in [0.2, 0.25) is 0 Å². The van der Waals surface area contributed by atoms with Gasteiger partial charge in [-0.3, -0.25) is 0 Å². The molecule has 1 saturated carbocycles. The zero-order valence-electron chi connectivity index (χ0n) is 15.7. The molecule has 0 bridgehead atoms. The molecule has 0 aliphatic heterocycles. The summed E-state index contributed by atoms with van der Waals surface area (Å²) < 4.78 is 51.8. The van der Waals surface area contributed by atoms with Crippen LogP contribution in [0.3, 0.4) is 0 Å². The molecule has 0 atom stereocenters. The van der Waals surface area contributed by atoms with E-state index in [1.807, 2.05) is 6.07 Å². The average molecular weight is 378 g/mol. The molecule has 5 heteroatoms. The molecule has 0 aromatic heterocycles. The maximum atomic E-state index is 14.3. The number of methoxy groups -OCH3 is 2. The van der Waals surface area contributed by atoms with E-state index >= 15 is 0 Å². The van der Waals surface area contributed by atoms with Gasteiger partial charge >= 0.3 is 0 Å². The maximum absolute atomic E-state index is 14.3. The molecule has 1 aliphatic carbocycles. The topological polar surface area (TPSA) is 18.5 Å². The Bertz CT molecular complexity index is 783. The summed E-state index contributed by atoms with van der Waals surface area (Å²) in [7, 11) is 2.78. The van der Waals surface area contributed by atoms with Gasteiger partial charge in [0.25, 0.3) is 0 Å². The molecule has 0 saturated heterocycles. The first kappa shape index (κ1) is 19.6. The van der Waals surface area contributed by atoms with Crippen LogP contribution >= 0.6 is 0 Å². The van der Waals surface area contributed by atoms with E-state index in [0.29, 0.717) is 11.5 Å². The van der Waals surface area contributed by atoms with Crippen LogP contribution in [-0.2, 0) is 6.42 Å². The third kappa shape index (κ3) is 4.40. The third-order valence-corrected chi connectivity index (χ3v) is 5.64. The fourth-order valence-electron chi connectivity index (χ4n) is 4.02. The van der Waals surface area contributed by atoms with Crippen LogP contribution in [-0.4, -0.2) is 14.2 Å². The van der Waals surface area contributed by atoms with E-state index in [4.69, 9.17) is 9.47 Å². The van der Waals surface area contributed by atoms with Gasteiger partial charge in [-0.1, -0.05) is 12.1 Å². The Morgan fingerprint density at radius 1 is 0.852 bits per heavy atom. The summed E-state index contributed by atoms with van der Waals surface area (Å²) in [5.74, 6) is -1.26. The molecule has 0 N–H and O–H groups in total. The van der Waals surface area contributed by atoms with E-state index in [9.17, 15) is 13.2 Å². The van der Waals surface area contributed by atoms with E-state index in [0.717, 1.165) is 44.1 Å². The highest BCUT2D eigenvalue weighted by molar-refractivity contribution is 5.33. The van der Waals surface area contributed by atoms with Gasteiger partial charge in [0.05, 0.1) is 14.2 Å². The maximum Gasteiger partial charge on any atom is 0.200 e. The number of rotatable bonds is 6. The third-order valence-electron chi connectivity index (χ3n) is 5.64. The van der Waals surface area contributed by atoms with E-state index in [2.05, 4.69) is 0 Å². The lowest BCUT2D eigenvalue weighted by molar-refractivity contribution is 0.302. The molecule has 146 valence electrons. The normalized spacial score (nSPS) is 19.7. The summed E-state index contributed by atoms with van der Waals surface area (Å²) in [5.41, 5.74) is 1.41. The molecule has 1 fully saturated rings. The van der Waals surface area contributed by atoms with Crippen LogP contribution in [0.15, 0.2) is 30.3 Å². The first-order chi connectivity index (χ1) is 13.0. The van der Waals surface area contributed by atoms with Crippen molar-refractivity contribution < 1.29 is 22.6 Å². The predicted octanol–water partition coefficient (Wildman–Crippen LogP) is 6.03. The summed E-state index contributed by atoms with van der Waals surface area (Å²) >= 11 is 0. The lowest BCUT2D eigenvalue weighted by atomic mass is 9.76. The van der Waals surface area contributed by atoms with Gasteiger partial charge in [-0.2, -0.15) is 4.39 Å². The summed E-state index contributed by atoms with van der Waals surface area (Å²) in [5, 5.41) is 0. The lowest BCUT2D eigenvalue weighted by Crippen LogP contribution is -2.15. The summed E-state index contributed by atoms with van der Waals surface area (Å²) in [6, 6.07) is 8.21. The molecule has 3 rings (SSSR count). The van der Waals surface area contributed by atoms with Gasteiger partial charge in [-0.15, -0.1) is 0 Å². The van der Waals surface area contributed by atoms with Crippen molar-refractivity contribution in [2.45, 2.75) is 44.4 Å². The highest BCUT2D eigenvalue weighted by Gasteiger charge is 2.26. The Morgan fingerprint density at radius 2 is 1.52 bits per heavy atom. The molecular weight excluding hydrogens is 353 g/mol. The fraction of sp³-hybridized carbons (Fsp3) is 0.455. The fourth-order valence-corrected chi connectivity index (χ4v) is 4.02. The van der Waals surface area contributed by atoms with Crippen LogP contribution in [0.4, 0.5) is 13.2 Å².